The van der Waals surface area contributed by atoms with E-state index < -0.39 is 10.0 Å². The Morgan fingerprint density at radius 2 is 1.76 bits per heavy atom. The zero-order chi connectivity index (χ0) is 18.0. The molecule has 7 nitrogen and oxygen atoms in total. The highest BCUT2D eigenvalue weighted by Crippen LogP contribution is 2.26. The quantitative estimate of drug-likeness (QED) is 0.848. The number of piperidine rings is 1. The van der Waals surface area contributed by atoms with Gasteiger partial charge in [-0.3, -0.25) is 9.89 Å². The normalized spacial score (nSPS) is 21.4. The minimum absolute atomic E-state index is 0.0763. The van der Waals surface area contributed by atoms with Crippen LogP contribution in [0.2, 0.25) is 0 Å². The molecule has 1 saturated heterocycles. The van der Waals surface area contributed by atoms with Gasteiger partial charge >= 0.3 is 0 Å². The van der Waals surface area contributed by atoms with E-state index in [0.717, 1.165) is 25.7 Å². The number of aromatic amines is 1. The Morgan fingerprint density at radius 3 is 2.32 bits per heavy atom. The molecule has 3 rings (SSSR count). The number of H-pyrrole nitrogens is 1. The number of carbonyl (C=O) groups excluding carboxylic acids is 1. The second-order valence-corrected chi connectivity index (χ2v) is 9.16. The molecule has 0 atom stereocenters. The molecule has 0 aromatic carbocycles. The molecule has 0 radical (unpaired) electrons. The lowest BCUT2D eigenvalue weighted by Gasteiger charge is -2.32. The number of aromatic nitrogens is 2. The van der Waals surface area contributed by atoms with E-state index in [-0.39, 0.29) is 22.8 Å². The molecule has 1 aromatic heterocycles. The number of hydrogen-bond donors (Lipinski definition) is 2. The molecule has 2 heterocycles. The average molecular weight is 369 g/mol. The van der Waals surface area contributed by atoms with Gasteiger partial charge in [-0.25, -0.2) is 8.42 Å². The summed E-state index contributed by atoms with van der Waals surface area (Å²) in [5.74, 6) is 0.300. The zero-order valence-electron chi connectivity index (χ0n) is 15.0. The van der Waals surface area contributed by atoms with Crippen molar-refractivity contribution >= 4 is 15.9 Å². The summed E-state index contributed by atoms with van der Waals surface area (Å²) in [6.07, 6.45) is 6.79. The van der Waals surface area contributed by atoms with Gasteiger partial charge < -0.3 is 5.32 Å². The molecule has 140 valence electrons. The number of nitrogens with one attached hydrogen (secondary N) is 2. The molecular weight excluding hydrogens is 340 g/mol. The predicted octanol–water partition coefficient (Wildman–Crippen LogP) is 1.88. The molecule has 0 bridgehead atoms. The van der Waals surface area contributed by atoms with Crippen molar-refractivity contribution < 1.29 is 13.2 Å². The minimum atomic E-state index is -3.53. The van der Waals surface area contributed by atoms with E-state index in [4.69, 9.17) is 0 Å². The van der Waals surface area contributed by atoms with Crippen molar-refractivity contribution in [2.24, 2.45) is 5.92 Å². The summed E-state index contributed by atoms with van der Waals surface area (Å²) >= 11 is 0. The van der Waals surface area contributed by atoms with Crippen molar-refractivity contribution in [1.29, 1.82) is 0 Å². The Morgan fingerprint density at radius 1 is 1.12 bits per heavy atom. The third-order valence-corrected chi connectivity index (χ3v) is 7.60. The van der Waals surface area contributed by atoms with Crippen LogP contribution in [0.3, 0.4) is 0 Å². The Labute approximate surface area is 149 Å². The van der Waals surface area contributed by atoms with E-state index in [9.17, 15) is 13.2 Å². The van der Waals surface area contributed by atoms with Gasteiger partial charge in [0.15, 0.2) is 0 Å². The van der Waals surface area contributed by atoms with Crippen LogP contribution in [0, 0.1) is 19.8 Å². The maximum atomic E-state index is 12.8. The molecule has 1 aliphatic heterocycles. The molecule has 25 heavy (non-hydrogen) atoms. The van der Waals surface area contributed by atoms with Gasteiger partial charge in [0.05, 0.1) is 11.4 Å². The Bertz CT molecular complexity index is 695. The molecule has 1 saturated carbocycles. The number of amides is 1. The van der Waals surface area contributed by atoms with Crippen LogP contribution >= 0.6 is 0 Å². The second-order valence-electron chi connectivity index (χ2n) is 7.29. The first-order valence-corrected chi connectivity index (χ1v) is 10.7. The van der Waals surface area contributed by atoms with E-state index in [0.29, 0.717) is 37.3 Å². The van der Waals surface area contributed by atoms with Crippen LogP contribution in [-0.2, 0) is 14.8 Å². The summed E-state index contributed by atoms with van der Waals surface area (Å²) in [5.41, 5.74) is 1.08. The van der Waals surface area contributed by atoms with Gasteiger partial charge in [-0.1, -0.05) is 19.3 Å². The van der Waals surface area contributed by atoms with Crippen molar-refractivity contribution in [3.63, 3.8) is 0 Å². The molecule has 1 aromatic rings. The van der Waals surface area contributed by atoms with Crippen molar-refractivity contribution in [2.75, 3.05) is 13.1 Å². The van der Waals surface area contributed by atoms with Crippen LogP contribution < -0.4 is 5.32 Å². The molecule has 2 N–H and O–H groups in total. The molecule has 2 fully saturated rings. The van der Waals surface area contributed by atoms with Crippen LogP contribution in [0.5, 0.6) is 0 Å². The summed E-state index contributed by atoms with van der Waals surface area (Å²) in [7, 11) is -3.53. The van der Waals surface area contributed by atoms with Crippen molar-refractivity contribution in [3.05, 3.63) is 11.4 Å². The lowest BCUT2D eigenvalue weighted by atomic mass is 9.88. The Balaban J connectivity index is 1.57. The summed E-state index contributed by atoms with van der Waals surface area (Å²) in [5, 5.41) is 9.88. The summed E-state index contributed by atoms with van der Waals surface area (Å²) in [4.78, 5) is 12.7. The molecule has 1 aliphatic carbocycles. The van der Waals surface area contributed by atoms with E-state index >= 15 is 0 Å². The van der Waals surface area contributed by atoms with Crippen LogP contribution in [0.15, 0.2) is 4.90 Å². The standard InChI is InChI=1S/C17H28N4O3S/c1-12-16(13(2)20-19-12)25(23,24)21-10-8-15(9-11-21)18-17(22)14-6-4-3-5-7-14/h14-15H,3-11H2,1-2H3,(H,18,22)(H,19,20). The first-order chi connectivity index (χ1) is 11.9. The van der Waals surface area contributed by atoms with Gasteiger partial charge in [0.25, 0.3) is 0 Å². The third-order valence-electron chi connectivity index (χ3n) is 5.43. The number of carbonyl (C=O) groups is 1. The van der Waals surface area contributed by atoms with Gasteiger partial charge in [-0.2, -0.15) is 9.40 Å². The van der Waals surface area contributed by atoms with E-state index in [2.05, 4.69) is 15.5 Å². The van der Waals surface area contributed by atoms with Crippen LogP contribution in [0.25, 0.3) is 0 Å². The van der Waals surface area contributed by atoms with Crippen LogP contribution in [0.1, 0.15) is 56.3 Å². The first kappa shape index (κ1) is 18.4. The fourth-order valence-electron chi connectivity index (χ4n) is 3.97. The SMILES string of the molecule is Cc1n[nH]c(C)c1S(=O)(=O)N1CCC(NC(=O)C2CCCCC2)CC1. The lowest BCUT2D eigenvalue weighted by molar-refractivity contribution is -0.126. The maximum absolute atomic E-state index is 12.8. The average Bonchev–Trinajstić information content (AvgIpc) is 2.95. The monoisotopic (exact) mass is 368 g/mol. The highest BCUT2D eigenvalue weighted by molar-refractivity contribution is 7.89. The van der Waals surface area contributed by atoms with Gasteiger partial charge in [0, 0.05) is 25.0 Å². The zero-order valence-corrected chi connectivity index (χ0v) is 15.9. The van der Waals surface area contributed by atoms with E-state index in [1.807, 2.05) is 0 Å². The van der Waals surface area contributed by atoms with Gasteiger partial charge in [0.1, 0.15) is 4.90 Å². The van der Waals surface area contributed by atoms with Crippen molar-refractivity contribution in [2.45, 2.75) is 69.7 Å². The van der Waals surface area contributed by atoms with Crippen LogP contribution in [-0.4, -0.2) is 48.0 Å². The number of hydrogen-bond acceptors (Lipinski definition) is 4. The van der Waals surface area contributed by atoms with Crippen LogP contribution in [0.4, 0.5) is 0 Å². The third kappa shape index (κ3) is 3.89. The largest absolute Gasteiger partial charge is 0.353 e. The Hall–Kier alpha value is -1.41. The fourth-order valence-corrected chi connectivity index (χ4v) is 5.78. The molecule has 1 amide bonds. The molecule has 2 aliphatic rings. The number of sulfonamides is 1. The Kier molecular flexibility index (Phi) is 5.48. The molecule has 8 heteroatoms. The highest BCUT2D eigenvalue weighted by atomic mass is 32.2. The van der Waals surface area contributed by atoms with E-state index in [1.54, 1.807) is 13.8 Å². The molecule has 0 unspecified atom stereocenters. The second kappa shape index (κ2) is 7.45. The van der Waals surface area contributed by atoms with Gasteiger partial charge in [-0.15, -0.1) is 0 Å². The first-order valence-electron chi connectivity index (χ1n) is 9.21. The minimum Gasteiger partial charge on any atom is -0.353 e. The summed E-state index contributed by atoms with van der Waals surface area (Å²) in [6, 6.07) is 0.0763. The fraction of sp³-hybridized carbons (Fsp3) is 0.765. The topological polar surface area (TPSA) is 95.2 Å². The molecule has 0 spiro atoms. The molecular formula is C17H28N4O3S. The highest BCUT2D eigenvalue weighted by Gasteiger charge is 2.33. The number of rotatable bonds is 4. The lowest BCUT2D eigenvalue weighted by Crippen LogP contribution is -2.48. The summed E-state index contributed by atoms with van der Waals surface area (Å²) < 4.78 is 27.2. The maximum Gasteiger partial charge on any atom is 0.246 e. The van der Waals surface area contributed by atoms with Gasteiger partial charge in [0.2, 0.25) is 15.9 Å². The van der Waals surface area contributed by atoms with Crippen molar-refractivity contribution in [3.8, 4) is 0 Å². The predicted molar refractivity (Wildman–Crippen MR) is 94.6 cm³/mol. The smallest absolute Gasteiger partial charge is 0.246 e. The van der Waals surface area contributed by atoms with Crippen molar-refractivity contribution in [1.82, 2.24) is 19.8 Å². The summed E-state index contributed by atoms with van der Waals surface area (Å²) in [6.45, 7) is 4.29. The van der Waals surface area contributed by atoms with E-state index in [1.165, 1.54) is 10.7 Å². The number of nitrogens with zero attached hydrogens (tertiary/aromatic N) is 2. The van der Waals surface area contributed by atoms with Gasteiger partial charge in [-0.05, 0) is 39.5 Å². The number of aryl methyl sites for hydroxylation is 2.